The van der Waals surface area contributed by atoms with E-state index in [2.05, 4.69) is 20.4 Å². The molecule has 0 atom stereocenters. The second-order valence-corrected chi connectivity index (χ2v) is 4.64. The Labute approximate surface area is 111 Å². The molecule has 6 heteroatoms. The number of ether oxygens (including phenoxy) is 1. The van der Waals surface area contributed by atoms with E-state index in [4.69, 9.17) is 4.74 Å². The molecule has 2 aromatic heterocycles. The molecule has 1 fully saturated rings. The summed E-state index contributed by atoms with van der Waals surface area (Å²) >= 11 is 0. The third-order valence-corrected chi connectivity index (χ3v) is 2.97. The van der Waals surface area contributed by atoms with Crippen molar-refractivity contribution in [2.45, 2.75) is 38.9 Å². The first-order valence-corrected chi connectivity index (χ1v) is 6.58. The summed E-state index contributed by atoms with van der Waals surface area (Å²) < 4.78 is 7.45. The van der Waals surface area contributed by atoms with Crippen molar-refractivity contribution in [1.82, 2.24) is 25.1 Å². The number of nitrogens with zero attached hydrogens (tertiary/aromatic N) is 4. The van der Waals surface area contributed by atoms with Crippen LogP contribution in [0, 0.1) is 0 Å². The first-order chi connectivity index (χ1) is 9.33. The highest BCUT2D eigenvalue weighted by atomic mass is 16.5. The van der Waals surface area contributed by atoms with Crippen molar-refractivity contribution in [3.63, 3.8) is 0 Å². The zero-order chi connectivity index (χ0) is 13.1. The van der Waals surface area contributed by atoms with Gasteiger partial charge in [0.1, 0.15) is 0 Å². The molecule has 0 saturated heterocycles. The van der Waals surface area contributed by atoms with E-state index in [-0.39, 0.29) is 0 Å². The Balaban J connectivity index is 1.64. The molecule has 0 spiro atoms. The van der Waals surface area contributed by atoms with Gasteiger partial charge in [-0.25, -0.2) is 4.98 Å². The fraction of sp³-hybridized carbons (Fsp3) is 0.462. The molecule has 0 aromatic carbocycles. The van der Waals surface area contributed by atoms with E-state index in [1.165, 1.54) is 12.8 Å². The minimum Gasteiger partial charge on any atom is -0.434 e. The second kappa shape index (κ2) is 5.36. The summed E-state index contributed by atoms with van der Waals surface area (Å²) in [4.78, 5) is 8.57. The van der Waals surface area contributed by atoms with Gasteiger partial charge in [0.05, 0.1) is 24.3 Å². The fourth-order valence-corrected chi connectivity index (χ4v) is 1.75. The second-order valence-electron chi connectivity index (χ2n) is 4.64. The smallest absolute Gasteiger partial charge is 0.238 e. The minimum absolute atomic E-state index is 0.505. The van der Waals surface area contributed by atoms with Crippen LogP contribution >= 0.6 is 0 Å². The quantitative estimate of drug-likeness (QED) is 0.856. The van der Waals surface area contributed by atoms with E-state index in [9.17, 15) is 0 Å². The van der Waals surface area contributed by atoms with Gasteiger partial charge < -0.3 is 10.1 Å². The van der Waals surface area contributed by atoms with Gasteiger partial charge in [-0.05, 0) is 19.8 Å². The molecule has 1 saturated carbocycles. The summed E-state index contributed by atoms with van der Waals surface area (Å²) in [5.41, 5.74) is 0.896. The predicted molar refractivity (Wildman–Crippen MR) is 69.9 cm³/mol. The molecule has 1 aliphatic carbocycles. The Morgan fingerprint density at radius 1 is 1.37 bits per heavy atom. The minimum atomic E-state index is 0.505. The highest BCUT2D eigenvalue weighted by Crippen LogP contribution is 2.20. The summed E-state index contributed by atoms with van der Waals surface area (Å²) in [5.74, 6) is 1.19. The van der Waals surface area contributed by atoms with Crippen LogP contribution < -0.4 is 10.1 Å². The lowest BCUT2D eigenvalue weighted by molar-refractivity contribution is 0.455. The molecule has 100 valence electrons. The van der Waals surface area contributed by atoms with Gasteiger partial charge in [0.25, 0.3) is 0 Å². The van der Waals surface area contributed by atoms with Crippen LogP contribution in [0.15, 0.2) is 24.8 Å². The number of hydrogen-bond donors (Lipinski definition) is 1. The van der Waals surface area contributed by atoms with Crippen LogP contribution in [0.5, 0.6) is 11.6 Å². The number of aryl methyl sites for hydroxylation is 1. The Bertz CT molecular complexity index is 549. The number of rotatable bonds is 6. The maximum Gasteiger partial charge on any atom is 0.238 e. The lowest BCUT2D eigenvalue weighted by Gasteiger charge is -2.05. The highest BCUT2D eigenvalue weighted by Gasteiger charge is 2.20. The van der Waals surface area contributed by atoms with Crippen LogP contribution in [-0.2, 0) is 13.1 Å². The van der Waals surface area contributed by atoms with E-state index in [0.29, 0.717) is 17.7 Å². The standard InChI is InChI=1S/C13H17N5O/c1-2-18-9-12(7-16-18)19-13-8-14-5-11(17-13)6-15-10-3-4-10/h5,7-10,15H,2-4,6H2,1H3. The molecule has 1 aliphatic rings. The number of aromatic nitrogens is 4. The summed E-state index contributed by atoms with van der Waals surface area (Å²) in [6.07, 6.45) is 9.43. The van der Waals surface area contributed by atoms with Crippen LogP contribution in [0.25, 0.3) is 0 Å². The third kappa shape index (κ3) is 3.29. The van der Waals surface area contributed by atoms with Crippen molar-refractivity contribution in [1.29, 1.82) is 0 Å². The molecule has 0 bridgehead atoms. The highest BCUT2D eigenvalue weighted by molar-refractivity contribution is 5.20. The summed E-state index contributed by atoms with van der Waals surface area (Å²) in [6, 6.07) is 0.661. The van der Waals surface area contributed by atoms with E-state index < -0.39 is 0 Å². The molecule has 0 radical (unpaired) electrons. The lowest BCUT2D eigenvalue weighted by atomic mass is 10.4. The third-order valence-electron chi connectivity index (χ3n) is 2.97. The normalized spacial score (nSPS) is 14.6. The van der Waals surface area contributed by atoms with Gasteiger partial charge in [0.2, 0.25) is 5.88 Å². The van der Waals surface area contributed by atoms with E-state index in [0.717, 1.165) is 18.8 Å². The molecule has 19 heavy (non-hydrogen) atoms. The molecular weight excluding hydrogens is 242 g/mol. The van der Waals surface area contributed by atoms with Crippen molar-refractivity contribution in [2.75, 3.05) is 0 Å². The van der Waals surface area contributed by atoms with Crippen LogP contribution in [-0.4, -0.2) is 25.8 Å². The number of nitrogens with one attached hydrogen (secondary N) is 1. The molecule has 6 nitrogen and oxygen atoms in total. The Morgan fingerprint density at radius 3 is 3.00 bits per heavy atom. The molecule has 0 aliphatic heterocycles. The largest absolute Gasteiger partial charge is 0.434 e. The van der Waals surface area contributed by atoms with Crippen LogP contribution in [0.1, 0.15) is 25.5 Å². The molecule has 2 heterocycles. The molecule has 0 unspecified atom stereocenters. The first kappa shape index (κ1) is 12.1. The summed E-state index contributed by atoms with van der Waals surface area (Å²) in [7, 11) is 0. The van der Waals surface area contributed by atoms with Crippen LogP contribution in [0.3, 0.4) is 0 Å². The first-order valence-electron chi connectivity index (χ1n) is 6.58. The average molecular weight is 259 g/mol. The van der Waals surface area contributed by atoms with Crippen molar-refractivity contribution >= 4 is 0 Å². The maximum atomic E-state index is 5.64. The predicted octanol–water partition coefficient (Wildman–Crippen LogP) is 1.74. The van der Waals surface area contributed by atoms with Gasteiger partial charge in [-0.15, -0.1) is 0 Å². The van der Waals surface area contributed by atoms with Crippen molar-refractivity contribution < 1.29 is 4.74 Å². The van der Waals surface area contributed by atoms with Gasteiger partial charge in [-0.3, -0.25) is 9.67 Å². The lowest BCUT2D eigenvalue weighted by Crippen LogP contribution is -2.16. The Hall–Kier alpha value is -1.95. The van der Waals surface area contributed by atoms with Gasteiger partial charge >= 0.3 is 0 Å². The van der Waals surface area contributed by atoms with E-state index >= 15 is 0 Å². The molecule has 1 N–H and O–H groups in total. The van der Waals surface area contributed by atoms with Crippen LogP contribution in [0.2, 0.25) is 0 Å². The zero-order valence-corrected chi connectivity index (χ0v) is 10.9. The molecule has 2 aromatic rings. The van der Waals surface area contributed by atoms with Crippen molar-refractivity contribution in [3.8, 4) is 11.6 Å². The SMILES string of the molecule is CCn1cc(Oc2cncc(CNC3CC3)n2)cn1. The maximum absolute atomic E-state index is 5.64. The van der Waals surface area contributed by atoms with E-state index in [1.807, 2.05) is 13.1 Å². The summed E-state index contributed by atoms with van der Waals surface area (Å²) in [6.45, 7) is 3.59. The fourth-order valence-electron chi connectivity index (χ4n) is 1.75. The average Bonchev–Trinajstić information content (AvgIpc) is 3.16. The van der Waals surface area contributed by atoms with Gasteiger partial charge in [-0.1, -0.05) is 0 Å². The van der Waals surface area contributed by atoms with Crippen molar-refractivity contribution in [3.05, 3.63) is 30.5 Å². The monoisotopic (exact) mass is 259 g/mol. The zero-order valence-electron chi connectivity index (χ0n) is 10.9. The molecular formula is C13H17N5O. The molecule has 0 amide bonds. The van der Waals surface area contributed by atoms with Crippen molar-refractivity contribution in [2.24, 2.45) is 0 Å². The number of hydrogen-bond acceptors (Lipinski definition) is 5. The Kier molecular flexibility index (Phi) is 3.41. The van der Waals surface area contributed by atoms with Gasteiger partial charge in [-0.2, -0.15) is 5.10 Å². The topological polar surface area (TPSA) is 64.9 Å². The van der Waals surface area contributed by atoms with Crippen LogP contribution in [0.4, 0.5) is 0 Å². The summed E-state index contributed by atoms with van der Waals surface area (Å²) in [5, 5.41) is 7.55. The van der Waals surface area contributed by atoms with E-state index in [1.54, 1.807) is 23.3 Å². The molecule has 3 rings (SSSR count). The van der Waals surface area contributed by atoms with Gasteiger partial charge in [0.15, 0.2) is 5.75 Å². The van der Waals surface area contributed by atoms with Gasteiger partial charge in [0, 0.05) is 25.3 Å². The Morgan fingerprint density at radius 2 is 2.26 bits per heavy atom.